The van der Waals surface area contributed by atoms with Crippen LogP contribution in [0.25, 0.3) is 11.7 Å². The van der Waals surface area contributed by atoms with E-state index in [-0.39, 0.29) is 0 Å². The molecule has 0 fully saturated rings. The second kappa shape index (κ2) is 6.19. The zero-order valence-corrected chi connectivity index (χ0v) is 12.2. The molecule has 20 heavy (non-hydrogen) atoms. The summed E-state index contributed by atoms with van der Waals surface area (Å²) in [5.41, 5.74) is 5.38. The fraction of sp³-hybridized carbons (Fsp3) is 0.571. The van der Waals surface area contributed by atoms with Gasteiger partial charge >= 0.3 is 0 Å². The van der Waals surface area contributed by atoms with E-state index in [1.807, 2.05) is 32.9 Å². The average Bonchev–Trinajstić information content (AvgIpc) is 3.07. The number of aromatic nitrogens is 2. The van der Waals surface area contributed by atoms with E-state index in [4.69, 9.17) is 19.4 Å². The molecular formula is C14H21N3O3. The van der Waals surface area contributed by atoms with E-state index in [0.29, 0.717) is 30.7 Å². The molecule has 0 aliphatic heterocycles. The number of nitrogens with zero attached hydrogens (tertiary/aromatic N) is 2. The smallest absolute Gasteiger partial charge is 0.293 e. The fourth-order valence-electron chi connectivity index (χ4n) is 1.73. The molecule has 1 atom stereocenters. The monoisotopic (exact) mass is 279 g/mol. The molecule has 0 aliphatic rings. The molecule has 0 aromatic carbocycles. The summed E-state index contributed by atoms with van der Waals surface area (Å²) in [5, 5.41) is 3.93. The standard InChI is InChI=1S/C14H21N3O3/c1-4-8-18-9-14(3,15)13-16-12(20-17-13)11-7-6-10(5-2)19-11/h6-7H,4-5,8-9,15H2,1-3H3. The van der Waals surface area contributed by atoms with Crippen LogP contribution in [0, 0.1) is 0 Å². The van der Waals surface area contributed by atoms with Crippen LogP contribution in [0.1, 0.15) is 38.8 Å². The van der Waals surface area contributed by atoms with E-state index < -0.39 is 5.54 Å². The molecule has 2 N–H and O–H groups in total. The van der Waals surface area contributed by atoms with Crippen LogP contribution in [0.15, 0.2) is 21.1 Å². The highest BCUT2D eigenvalue weighted by Crippen LogP contribution is 2.23. The molecule has 0 amide bonds. The molecule has 0 aliphatic carbocycles. The van der Waals surface area contributed by atoms with Crippen molar-refractivity contribution in [2.75, 3.05) is 13.2 Å². The summed E-state index contributed by atoms with van der Waals surface area (Å²) in [6.07, 6.45) is 1.76. The third-order valence-electron chi connectivity index (χ3n) is 2.91. The van der Waals surface area contributed by atoms with E-state index >= 15 is 0 Å². The van der Waals surface area contributed by atoms with Crippen molar-refractivity contribution in [2.24, 2.45) is 5.73 Å². The first-order chi connectivity index (χ1) is 9.56. The highest BCUT2D eigenvalue weighted by atomic mass is 16.5. The lowest BCUT2D eigenvalue weighted by molar-refractivity contribution is 0.0867. The number of rotatable bonds is 7. The third kappa shape index (κ3) is 3.26. The number of aryl methyl sites for hydroxylation is 1. The van der Waals surface area contributed by atoms with Crippen molar-refractivity contribution in [1.29, 1.82) is 0 Å². The lowest BCUT2D eigenvalue weighted by Gasteiger charge is -2.19. The Kier molecular flexibility index (Phi) is 4.57. The Labute approximate surface area is 118 Å². The molecule has 2 rings (SSSR count). The van der Waals surface area contributed by atoms with Gasteiger partial charge in [0.1, 0.15) is 11.3 Å². The van der Waals surface area contributed by atoms with Gasteiger partial charge in [-0.2, -0.15) is 4.98 Å². The van der Waals surface area contributed by atoms with Crippen molar-refractivity contribution >= 4 is 0 Å². The van der Waals surface area contributed by atoms with Gasteiger partial charge in [0, 0.05) is 13.0 Å². The second-order valence-electron chi connectivity index (χ2n) is 5.01. The van der Waals surface area contributed by atoms with Crippen LogP contribution in [0.2, 0.25) is 0 Å². The number of nitrogens with two attached hydrogens (primary N) is 1. The minimum absolute atomic E-state index is 0.340. The molecule has 1 unspecified atom stereocenters. The fourth-order valence-corrected chi connectivity index (χ4v) is 1.73. The third-order valence-corrected chi connectivity index (χ3v) is 2.91. The summed E-state index contributed by atoms with van der Waals surface area (Å²) in [5.74, 6) is 2.19. The first-order valence-corrected chi connectivity index (χ1v) is 6.86. The van der Waals surface area contributed by atoms with E-state index in [2.05, 4.69) is 10.1 Å². The summed E-state index contributed by atoms with van der Waals surface area (Å²) in [7, 11) is 0. The van der Waals surface area contributed by atoms with Gasteiger partial charge < -0.3 is 19.4 Å². The Morgan fingerprint density at radius 3 is 2.80 bits per heavy atom. The number of hydrogen-bond donors (Lipinski definition) is 1. The van der Waals surface area contributed by atoms with Crippen molar-refractivity contribution in [2.45, 2.75) is 39.2 Å². The summed E-state index contributed by atoms with van der Waals surface area (Å²) >= 11 is 0. The Bertz CT molecular complexity index is 545. The quantitative estimate of drug-likeness (QED) is 0.783. The molecule has 6 nitrogen and oxygen atoms in total. The molecule has 0 spiro atoms. The minimum atomic E-state index is -0.781. The molecule has 2 aromatic rings. The zero-order valence-electron chi connectivity index (χ0n) is 12.2. The zero-order chi connectivity index (χ0) is 14.6. The largest absolute Gasteiger partial charge is 0.456 e. The maximum atomic E-state index is 6.16. The molecule has 2 aromatic heterocycles. The summed E-state index contributed by atoms with van der Waals surface area (Å²) in [6, 6.07) is 3.71. The lowest BCUT2D eigenvalue weighted by atomic mass is 10.1. The highest BCUT2D eigenvalue weighted by molar-refractivity contribution is 5.44. The van der Waals surface area contributed by atoms with Gasteiger partial charge in [-0.15, -0.1) is 0 Å². The first kappa shape index (κ1) is 14.7. The molecular weight excluding hydrogens is 258 g/mol. The van der Waals surface area contributed by atoms with Gasteiger partial charge in [-0.3, -0.25) is 0 Å². The van der Waals surface area contributed by atoms with Crippen LogP contribution in [0.5, 0.6) is 0 Å². The molecule has 0 saturated heterocycles. The van der Waals surface area contributed by atoms with Crippen molar-refractivity contribution in [3.63, 3.8) is 0 Å². The van der Waals surface area contributed by atoms with Crippen LogP contribution in [-0.2, 0) is 16.7 Å². The second-order valence-corrected chi connectivity index (χ2v) is 5.01. The highest BCUT2D eigenvalue weighted by Gasteiger charge is 2.28. The normalized spacial score (nSPS) is 14.4. The summed E-state index contributed by atoms with van der Waals surface area (Å²) in [4.78, 5) is 4.30. The first-order valence-electron chi connectivity index (χ1n) is 6.86. The Morgan fingerprint density at radius 2 is 2.15 bits per heavy atom. The van der Waals surface area contributed by atoms with Crippen molar-refractivity contribution in [3.05, 3.63) is 23.7 Å². The van der Waals surface area contributed by atoms with E-state index in [1.165, 1.54) is 0 Å². The van der Waals surface area contributed by atoms with E-state index in [9.17, 15) is 0 Å². The van der Waals surface area contributed by atoms with Gasteiger partial charge in [-0.05, 0) is 25.5 Å². The Hall–Kier alpha value is -1.66. The van der Waals surface area contributed by atoms with Crippen molar-refractivity contribution in [1.82, 2.24) is 10.1 Å². The van der Waals surface area contributed by atoms with Crippen molar-refractivity contribution < 1.29 is 13.7 Å². The van der Waals surface area contributed by atoms with Gasteiger partial charge in [0.2, 0.25) is 0 Å². The minimum Gasteiger partial charge on any atom is -0.456 e. The summed E-state index contributed by atoms with van der Waals surface area (Å²) in [6.45, 7) is 6.89. The van der Waals surface area contributed by atoms with Crippen LogP contribution < -0.4 is 5.73 Å². The van der Waals surface area contributed by atoms with Crippen LogP contribution >= 0.6 is 0 Å². The Morgan fingerprint density at radius 1 is 1.35 bits per heavy atom. The van der Waals surface area contributed by atoms with Gasteiger partial charge in [0.25, 0.3) is 5.89 Å². The van der Waals surface area contributed by atoms with E-state index in [0.717, 1.165) is 18.6 Å². The maximum Gasteiger partial charge on any atom is 0.293 e. The van der Waals surface area contributed by atoms with Gasteiger partial charge in [-0.25, -0.2) is 0 Å². The predicted molar refractivity (Wildman–Crippen MR) is 74.0 cm³/mol. The topological polar surface area (TPSA) is 87.3 Å². The van der Waals surface area contributed by atoms with Crippen LogP contribution in [0.3, 0.4) is 0 Å². The van der Waals surface area contributed by atoms with Crippen molar-refractivity contribution in [3.8, 4) is 11.7 Å². The SMILES string of the molecule is CCCOCC(C)(N)c1noc(-c2ccc(CC)o2)n1. The number of ether oxygens (including phenoxy) is 1. The molecule has 0 saturated carbocycles. The van der Waals surface area contributed by atoms with Gasteiger partial charge in [0.15, 0.2) is 11.6 Å². The van der Waals surface area contributed by atoms with Crippen LogP contribution in [0.4, 0.5) is 0 Å². The average molecular weight is 279 g/mol. The molecule has 6 heteroatoms. The van der Waals surface area contributed by atoms with Crippen LogP contribution in [-0.4, -0.2) is 23.4 Å². The number of furan rings is 1. The Balaban J connectivity index is 2.11. The summed E-state index contributed by atoms with van der Waals surface area (Å²) < 4.78 is 16.3. The molecule has 0 radical (unpaired) electrons. The predicted octanol–water partition coefficient (Wildman–Crippen LogP) is 2.49. The molecule has 2 heterocycles. The lowest BCUT2D eigenvalue weighted by Crippen LogP contribution is -2.39. The maximum absolute atomic E-state index is 6.16. The number of hydrogen-bond acceptors (Lipinski definition) is 6. The molecule has 110 valence electrons. The van der Waals surface area contributed by atoms with E-state index in [1.54, 1.807) is 0 Å². The van der Waals surface area contributed by atoms with Gasteiger partial charge in [0.05, 0.1) is 6.61 Å². The van der Waals surface area contributed by atoms with Gasteiger partial charge in [-0.1, -0.05) is 19.0 Å². The molecule has 0 bridgehead atoms.